The number of hydrogen-bond donors (Lipinski definition) is 1. The summed E-state index contributed by atoms with van der Waals surface area (Å²) in [5.41, 5.74) is 2.43. The van der Waals surface area contributed by atoms with Crippen molar-refractivity contribution in [1.29, 1.82) is 0 Å². The Labute approximate surface area is 248 Å². The molecule has 1 aromatic rings. The topological polar surface area (TPSA) is 84.8 Å². The smallest absolute Gasteiger partial charge is 0.127 e. The van der Waals surface area contributed by atoms with Gasteiger partial charge < -0.3 is 38.3 Å². The zero-order valence-electron chi connectivity index (χ0n) is 26.1. The molecule has 3 atom stereocenters. The van der Waals surface area contributed by atoms with Crippen molar-refractivity contribution in [3.8, 4) is 11.5 Å². The lowest BCUT2D eigenvalue weighted by molar-refractivity contribution is -0.0170. The van der Waals surface area contributed by atoms with E-state index in [-0.39, 0.29) is 12.2 Å². The maximum absolute atomic E-state index is 8.63. The minimum Gasteiger partial charge on any atom is -0.491 e. The average Bonchev–Trinajstić information content (AvgIpc) is 2.94. The second-order valence-corrected chi connectivity index (χ2v) is 11.9. The van der Waals surface area contributed by atoms with Gasteiger partial charge in [-0.3, -0.25) is 0 Å². The molecule has 1 saturated carbocycles. The first kappa shape index (κ1) is 34.1. The maximum Gasteiger partial charge on any atom is 0.127 e. The summed E-state index contributed by atoms with van der Waals surface area (Å²) in [6, 6.07) is 4.56. The number of aliphatic hydroxyl groups is 1. The first-order valence-corrected chi connectivity index (χ1v) is 15.9. The van der Waals surface area contributed by atoms with Gasteiger partial charge in [-0.15, -0.1) is 0 Å². The van der Waals surface area contributed by atoms with Crippen LogP contribution in [0.25, 0.3) is 0 Å². The summed E-state index contributed by atoms with van der Waals surface area (Å²) in [4.78, 5) is 0. The van der Waals surface area contributed by atoms with Crippen molar-refractivity contribution in [2.75, 3.05) is 79.3 Å². The number of unbranched alkanes of at least 4 members (excludes halogenated alkanes) is 2. The molecular formula is C33H56O8. The molecule has 0 unspecified atom stereocenters. The van der Waals surface area contributed by atoms with Crippen LogP contribution in [0.1, 0.15) is 83.3 Å². The fourth-order valence-electron chi connectivity index (χ4n) is 6.10. The van der Waals surface area contributed by atoms with Gasteiger partial charge in [-0.2, -0.15) is 0 Å². The number of hydrogen-bond acceptors (Lipinski definition) is 8. The van der Waals surface area contributed by atoms with E-state index in [0.717, 1.165) is 23.8 Å². The zero-order valence-corrected chi connectivity index (χ0v) is 26.1. The summed E-state index contributed by atoms with van der Waals surface area (Å²) < 4.78 is 40.5. The summed E-state index contributed by atoms with van der Waals surface area (Å²) in [6.07, 6.45) is 8.36. The van der Waals surface area contributed by atoms with Crippen LogP contribution in [0.2, 0.25) is 0 Å². The molecule has 0 amide bonds. The summed E-state index contributed by atoms with van der Waals surface area (Å²) in [6.45, 7) is 14.7. The molecule has 8 heteroatoms. The number of aryl methyl sites for hydroxylation is 1. The fourth-order valence-corrected chi connectivity index (χ4v) is 6.10. The number of aliphatic hydroxyl groups excluding tert-OH is 1. The molecule has 1 heterocycles. The third kappa shape index (κ3) is 11.6. The molecule has 1 aromatic carbocycles. The van der Waals surface area contributed by atoms with E-state index in [2.05, 4.69) is 39.8 Å². The molecule has 1 N–H and O–H groups in total. The number of benzene rings is 1. The second kappa shape index (κ2) is 19.0. The first-order valence-electron chi connectivity index (χ1n) is 15.9. The number of rotatable bonds is 22. The van der Waals surface area contributed by atoms with E-state index in [1.807, 2.05) is 0 Å². The van der Waals surface area contributed by atoms with Crippen LogP contribution in [-0.4, -0.2) is 90.0 Å². The minimum absolute atomic E-state index is 0.0337. The van der Waals surface area contributed by atoms with Crippen molar-refractivity contribution in [3.05, 3.63) is 23.3 Å². The lowest BCUT2D eigenvalue weighted by Crippen LogP contribution is -2.46. The highest BCUT2D eigenvalue weighted by Crippen LogP contribution is 2.55. The van der Waals surface area contributed by atoms with E-state index < -0.39 is 0 Å². The third-order valence-electron chi connectivity index (χ3n) is 8.19. The standard InChI is InChI=1S/C33H56O8/c1-5-6-7-8-27-24-30(32-28-23-26(2)9-10-29(28)33(3,4)41-31(32)25-27)40-22-21-39-20-19-38-18-17-37-16-15-36-14-13-35-12-11-34/h24-26,28-29,34H,5-23H2,1-4H3/t26-,28+,29+/m0/s1. The SMILES string of the molecule is CCCCCc1cc(OCCOCCOCCOCCOCCOCCO)c2c(c1)OC(C)(C)[C@@H]1CC[C@H](C)C[C@@H]21. The quantitative estimate of drug-likeness (QED) is 0.178. The Morgan fingerprint density at radius 1 is 0.805 bits per heavy atom. The Morgan fingerprint density at radius 2 is 1.39 bits per heavy atom. The van der Waals surface area contributed by atoms with E-state index in [1.165, 1.54) is 49.7 Å². The van der Waals surface area contributed by atoms with Gasteiger partial charge in [0, 0.05) is 11.5 Å². The van der Waals surface area contributed by atoms with Crippen LogP contribution >= 0.6 is 0 Å². The lowest BCUT2D eigenvalue weighted by Gasteiger charge is -2.49. The molecule has 0 spiro atoms. The molecule has 1 aliphatic carbocycles. The highest BCUT2D eigenvalue weighted by Gasteiger charge is 2.47. The van der Waals surface area contributed by atoms with Gasteiger partial charge in [0.05, 0.1) is 72.7 Å². The van der Waals surface area contributed by atoms with Gasteiger partial charge in [0.25, 0.3) is 0 Å². The molecule has 3 rings (SSSR count). The zero-order chi connectivity index (χ0) is 29.3. The molecule has 1 fully saturated rings. The predicted molar refractivity (Wildman–Crippen MR) is 160 cm³/mol. The van der Waals surface area contributed by atoms with E-state index in [0.29, 0.717) is 84.5 Å². The van der Waals surface area contributed by atoms with Crippen LogP contribution in [0, 0.1) is 11.8 Å². The van der Waals surface area contributed by atoms with Gasteiger partial charge in [-0.05, 0) is 69.1 Å². The molecule has 0 aromatic heterocycles. The normalized spacial score (nSPS) is 21.2. The van der Waals surface area contributed by atoms with Crippen molar-refractivity contribution < 1.29 is 38.3 Å². The Morgan fingerprint density at radius 3 is 1.98 bits per heavy atom. The van der Waals surface area contributed by atoms with Gasteiger partial charge in [0.1, 0.15) is 23.7 Å². The fraction of sp³-hybridized carbons (Fsp3) is 0.818. The molecule has 2 aliphatic rings. The van der Waals surface area contributed by atoms with Gasteiger partial charge in [0.15, 0.2) is 0 Å². The van der Waals surface area contributed by atoms with Crippen molar-refractivity contribution >= 4 is 0 Å². The van der Waals surface area contributed by atoms with Crippen molar-refractivity contribution in [2.24, 2.45) is 11.8 Å². The summed E-state index contributed by atoms with van der Waals surface area (Å²) in [5.74, 6) is 3.74. The molecule has 236 valence electrons. The van der Waals surface area contributed by atoms with E-state index >= 15 is 0 Å². The molecule has 8 nitrogen and oxygen atoms in total. The minimum atomic E-state index is -0.157. The molecule has 0 saturated heterocycles. The van der Waals surface area contributed by atoms with E-state index in [9.17, 15) is 0 Å². The van der Waals surface area contributed by atoms with Crippen LogP contribution in [0.4, 0.5) is 0 Å². The van der Waals surface area contributed by atoms with Crippen molar-refractivity contribution in [1.82, 2.24) is 0 Å². The second-order valence-electron chi connectivity index (χ2n) is 11.9. The highest BCUT2D eigenvalue weighted by molar-refractivity contribution is 5.52. The summed E-state index contributed by atoms with van der Waals surface area (Å²) in [7, 11) is 0. The van der Waals surface area contributed by atoms with E-state index in [1.54, 1.807) is 0 Å². The average molecular weight is 581 g/mol. The Hall–Kier alpha value is -1.42. The molecule has 0 radical (unpaired) electrons. The van der Waals surface area contributed by atoms with Gasteiger partial charge in [-0.25, -0.2) is 0 Å². The largest absolute Gasteiger partial charge is 0.491 e. The Kier molecular flexibility index (Phi) is 15.8. The molecular weight excluding hydrogens is 524 g/mol. The summed E-state index contributed by atoms with van der Waals surface area (Å²) >= 11 is 0. The number of fused-ring (bicyclic) bond motifs is 3. The first-order chi connectivity index (χ1) is 20.0. The molecule has 0 bridgehead atoms. The van der Waals surface area contributed by atoms with Crippen LogP contribution in [0.15, 0.2) is 12.1 Å². The summed E-state index contributed by atoms with van der Waals surface area (Å²) in [5, 5.41) is 8.63. The monoisotopic (exact) mass is 580 g/mol. The Bertz CT molecular complexity index is 845. The van der Waals surface area contributed by atoms with E-state index in [4.69, 9.17) is 38.3 Å². The lowest BCUT2D eigenvalue weighted by atomic mass is 9.64. The van der Waals surface area contributed by atoms with Gasteiger partial charge >= 0.3 is 0 Å². The van der Waals surface area contributed by atoms with Crippen LogP contribution in [0.5, 0.6) is 11.5 Å². The molecule has 41 heavy (non-hydrogen) atoms. The van der Waals surface area contributed by atoms with Crippen molar-refractivity contribution in [3.63, 3.8) is 0 Å². The Balaban J connectivity index is 1.38. The maximum atomic E-state index is 8.63. The number of ether oxygens (including phenoxy) is 7. The third-order valence-corrected chi connectivity index (χ3v) is 8.19. The highest BCUT2D eigenvalue weighted by atomic mass is 16.6. The van der Waals surface area contributed by atoms with Crippen LogP contribution in [0.3, 0.4) is 0 Å². The van der Waals surface area contributed by atoms with Crippen LogP contribution < -0.4 is 9.47 Å². The van der Waals surface area contributed by atoms with Crippen LogP contribution in [-0.2, 0) is 30.1 Å². The van der Waals surface area contributed by atoms with Gasteiger partial charge in [0.2, 0.25) is 0 Å². The molecule has 1 aliphatic heterocycles. The van der Waals surface area contributed by atoms with Gasteiger partial charge in [-0.1, -0.05) is 33.1 Å². The predicted octanol–water partition coefficient (Wildman–Crippen LogP) is 5.56. The van der Waals surface area contributed by atoms with Crippen molar-refractivity contribution in [2.45, 2.75) is 84.2 Å².